The molecule has 0 bridgehead atoms. The molecular weight excluding hydrogens is 375 g/mol. The maximum absolute atomic E-state index is 13.7. The number of nitrogens with zero attached hydrogens (tertiary/aromatic N) is 1. The zero-order chi connectivity index (χ0) is 16.9. The predicted octanol–water partition coefficient (Wildman–Crippen LogP) is 3.19. The van der Waals surface area contributed by atoms with Crippen molar-refractivity contribution in [3.63, 3.8) is 0 Å². The second-order valence-corrected chi connectivity index (χ2v) is 7.20. The van der Waals surface area contributed by atoms with Gasteiger partial charge < -0.3 is 10.1 Å². The topological polar surface area (TPSA) is 51.2 Å². The molecule has 1 aromatic carbocycles. The molecule has 1 N–H and O–H groups in total. The first-order valence-corrected chi connectivity index (χ1v) is 8.61. The van der Waals surface area contributed by atoms with Crippen LogP contribution in [-0.2, 0) is 11.2 Å². The lowest BCUT2D eigenvalue weighted by Gasteiger charge is -2.28. The summed E-state index contributed by atoms with van der Waals surface area (Å²) in [7, 11) is 1.56. The molecule has 124 valence electrons. The van der Waals surface area contributed by atoms with Crippen LogP contribution in [0.25, 0.3) is 0 Å². The molecule has 4 rings (SSSR count). The number of amides is 1. The summed E-state index contributed by atoms with van der Waals surface area (Å²) >= 11 is 3.41. The third-order valence-electron chi connectivity index (χ3n) is 5.11. The van der Waals surface area contributed by atoms with Crippen molar-refractivity contribution in [1.82, 2.24) is 10.3 Å². The molecule has 0 radical (unpaired) electrons. The van der Waals surface area contributed by atoms with Crippen LogP contribution in [0.3, 0.4) is 0 Å². The number of carbonyl (C=O) groups excluding carboxylic acids is 1. The van der Waals surface area contributed by atoms with Gasteiger partial charge in [-0.15, -0.1) is 0 Å². The number of fused-ring (bicyclic) bond motifs is 1. The number of carbonyl (C=O) groups is 1. The van der Waals surface area contributed by atoms with E-state index in [1.807, 2.05) is 12.1 Å². The van der Waals surface area contributed by atoms with Gasteiger partial charge in [0.05, 0.1) is 22.7 Å². The van der Waals surface area contributed by atoms with E-state index < -0.39 is 5.41 Å². The Morgan fingerprint density at radius 2 is 2.21 bits per heavy atom. The van der Waals surface area contributed by atoms with Crippen LogP contribution in [0, 0.1) is 11.2 Å². The monoisotopic (exact) mass is 390 g/mol. The van der Waals surface area contributed by atoms with E-state index in [1.54, 1.807) is 19.2 Å². The average molecular weight is 391 g/mol. The van der Waals surface area contributed by atoms with Crippen molar-refractivity contribution in [2.45, 2.75) is 18.8 Å². The van der Waals surface area contributed by atoms with Gasteiger partial charge in [0.2, 0.25) is 11.8 Å². The summed E-state index contributed by atoms with van der Waals surface area (Å²) in [5.41, 5.74) is 2.05. The van der Waals surface area contributed by atoms with Crippen LogP contribution >= 0.6 is 15.9 Å². The number of methoxy groups -OCH3 is 1. The minimum Gasteiger partial charge on any atom is -0.480 e. The van der Waals surface area contributed by atoms with Crippen LogP contribution in [0.5, 0.6) is 5.88 Å². The fourth-order valence-electron chi connectivity index (χ4n) is 4.07. The van der Waals surface area contributed by atoms with Gasteiger partial charge in [-0.25, -0.2) is 9.37 Å². The fraction of sp³-hybridized carbons (Fsp3) is 0.333. The van der Waals surface area contributed by atoms with Crippen molar-refractivity contribution in [1.29, 1.82) is 0 Å². The minimum atomic E-state index is -0.595. The van der Waals surface area contributed by atoms with E-state index in [0.29, 0.717) is 25.3 Å². The smallest absolute Gasteiger partial charge is 0.227 e. The van der Waals surface area contributed by atoms with E-state index in [0.717, 1.165) is 21.3 Å². The number of pyridine rings is 1. The quantitative estimate of drug-likeness (QED) is 0.856. The molecule has 4 nitrogen and oxygen atoms in total. The largest absolute Gasteiger partial charge is 0.480 e. The molecular formula is C18H16BrFN2O2. The van der Waals surface area contributed by atoms with Gasteiger partial charge in [-0.3, -0.25) is 4.79 Å². The molecule has 2 atom stereocenters. The van der Waals surface area contributed by atoms with Gasteiger partial charge in [0.25, 0.3) is 0 Å². The third kappa shape index (κ3) is 2.16. The summed E-state index contributed by atoms with van der Waals surface area (Å²) in [6.07, 6.45) is 1.25. The lowest BCUT2D eigenvalue weighted by Crippen LogP contribution is -2.35. The van der Waals surface area contributed by atoms with E-state index >= 15 is 0 Å². The molecule has 1 fully saturated rings. The highest BCUT2D eigenvalue weighted by atomic mass is 79.9. The minimum absolute atomic E-state index is 0.0211. The Bertz CT molecular complexity index is 842. The van der Waals surface area contributed by atoms with Crippen LogP contribution in [0.4, 0.5) is 4.39 Å². The summed E-state index contributed by atoms with van der Waals surface area (Å²) in [4.78, 5) is 17.3. The highest BCUT2D eigenvalue weighted by Crippen LogP contribution is 2.54. The Morgan fingerprint density at radius 3 is 2.92 bits per heavy atom. The molecule has 1 aliphatic heterocycles. The van der Waals surface area contributed by atoms with Crippen molar-refractivity contribution in [3.8, 4) is 5.88 Å². The Kier molecular flexibility index (Phi) is 3.60. The number of hydrogen-bond donors (Lipinski definition) is 1. The molecule has 1 aromatic heterocycles. The first-order chi connectivity index (χ1) is 11.5. The van der Waals surface area contributed by atoms with Crippen molar-refractivity contribution >= 4 is 21.8 Å². The van der Waals surface area contributed by atoms with Crippen LogP contribution in [0.15, 0.2) is 34.8 Å². The normalized spacial score (nSPS) is 25.0. The second kappa shape index (κ2) is 5.55. The van der Waals surface area contributed by atoms with E-state index in [-0.39, 0.29) is 17.6 Å². The Balaban J connectivity index is 1.91. The molecule has 0 saturated carbocycles. The first kappa shape index (κ1) is 15.6. The summed E-state index contributed by atoms with van der Waals surface area (Å²) in [6.45, 7) is 0.638. The van der Waals surface area contributed by atoms with Gasteiger partial charge in [-0.2, -0.15) is 0 Å². The second-order valence-electron chi connectivity index (χ2n) is 6.34. The molecule has 24 heavy (non-hydrogen) atoms. The Hall–Kier alpha value is -1.95. The number of rotatable bonds is 2. The number of ether oxygens (including phenoxy) is 1. The maximum Gasteiger partial charge on any atom is 0.227 e. The number of hydrogen-bond acceptors (Lipinski definition) is 3. The molecule has 6 heteroatoms. The Morgan fingerprint density at radius 1 is 1.38 bits per heavy atom. The summed E-state index contributed by atoms with van der Waals surface area (Å²) in [6, 6.07) is 8.56. The molecule has 1 spiro atoms. The lowest BCUT2D eigenvalue weighted by molar-refractivity contribution is -0.127. The van der Waals surface area contributed by atoms with Gasteiger partial charge in [0.15, 0.2) is 0 Å². The average Bonchev–Trinajstić information content (AvgIpc) is 3.08. The fourth-order valence-corrected chi connectivity index (χ4v) is 4.45. The van der Waals surface area contributed by atoms with E-state index in [9.17, 15) is 9.18 Å². The van der Waals surface area contributed by atoms with Gasteiger partial charge in [-0.1, -0.05) is 6.07 Å². The van der Waals surface area contributed by atoms with Gasteiger partial charge >= 0.3 is 0 Å². The van der Waals surface area contributed by atoms with Gasteiger partial charge in [0.1, 0.15) is 5.82 Å². The predicted molar refractivity (Wildman–Crippen MR) is 90.5 cm³/mol. The van der Waals surface area contributed by atoms with Gasteiger partial charge in [0, 0.05) is 12.5 Å². The van der Waals surface area contributed by atoms with Crippen molar-refractivity contribution in [3.05, 3.63) is 57.4 Å². The van der Waals surface area contributed by atoms with E-state index in [4.69, 9.17) is 4.74 Å². The van der Waals surface area contributed by atoms with Crippen molar-refractivity contribution in [2.75, 3.05) is 13.7 Å². The molecule has 2 unspecified atom stereocenters. The molecule has 1 aliphatic carbocycles. The SMILES string of the molecule is COc1nc(C2c3ccc(F)cc3CC23CCNC3=O)ccc1Br. The number of halogens is 2. The van der Waals surface area contributed by atoms with Crippen molar-refractivity contribution < 1.29 is 13.9 Å². The van der Waals surface area contributed by atoms with Crippen molar-refractivity contribution in [2.24, 2.45) is 5.41 Å². The summed E-state index contributed by atoms with van der Waals surface area (Å²) in [5.74, 6) is 0.0336. The Labute approximate surface area is 147 Å². The lowest BCUT2D eigenvalue weighted by atomic mass is 9.73. The zero-order valence-electron chi connectivity index (χ0n) is 13.1. The molecule has 1 amide bonds. The van der Waals surface area contributed by atoms with Crippen LogP contribution in [0.1, 0.15) is 29.2 Å². The standard InChI is InChI=1S/C18H16BrFN2O2/c1-24-16-13(19)4-5-14(22-16)15-12-3-2-11(20)8-10(12)9-18(15)6-7-21-17(18)23/h2-5,8,15H,6-7,9H2,1H3,(H,21,23). The molecule has 2 aromatic rings. The molecule has 2 heterocycles. The van der Waals surface area contributed by atoms with Gasteiger partial charge in [-0.05, 0) is 64.2 Å². The number of benzene rings is 1. The first-order valence-electron chi connectivity index (χ1n) is 7.82. The van der Waals surface area contributed by atoms with Crippen LogP contribution in [-0.4, -0.2) is 24.5 Å². The summed E-state index contributed by atoms with van der Waals surface area (Å²) < 4.78 is 19.8. The van der Waals surface area contributed by atoms with E-state index in [1.165, 1.54) is 6.07 Å². The highest BCUT2D eigenvalue weighted by molar-refractivity contribution is 9.10. The zero-order valence-corrected chi connectivity index (χ0v) is 14.7. The van der Waals surface area contributed by atoms with Crippen LogP contribution in [0.2, 0.25) is 0 Å². The van der Waals surface area contributed by atoms with Crippen LogP contribution < -0.4 is 10.1 Å². The van der Waals surface area contributed by atoms with E-state index in [2.05, 4.69) is 26.2 Å². The maximum atomic E-state index is 13.7. The number of nitrogens with one attached hydrogen (secondary N) is 1. The number of aromatic nitrogens is 1. The molecule has 1 saturated heterocycles. The third-order valence-corrected chi connectivity index (χ3v) is 5.71. The molecule has 2 aliphatic rings. The summed E-state index contributed by atoms with van der Waals surface area (Å²) in [5, 5.41) is 2.94. The highest BCUT2D eigenvalue weighted by Gasteiger charge is 2.55.